The monoisotopic (exact) mass is 386 g/mol. The molecule has 0 radical (unpaired) electrons. The van der Waals surface area contributed by atoms with Crippen molar-refractivity contribution in [3.05, 3.63) is 46.4 Å². The van der Waals surface area contributed by atoms with Crippen molar-refractivity contribution < 1.29 is 18.0 Å². The number of hydrogen-bond donors (Lipinski definition) is 2. The number of carbonyl (C=O) groups excluding carboxylic acids is 1. The largest absolute Gasteiger partial charge is 0.416 e. The zero-order valence-electron chi connectivity index (χ0n) is 14.4. The number of rotatable bonds is 5. The van der Waals surface area contributed by atoms with Crippen molar-refractivity contribution in [2.45, 2.75) is 39.4 Å². The summed E-state index contributed by atoms with van der Waals surface area (Å²) < 4.78 is 38.6. The van der Waals surface area contributed by atoms with Crippen LogP contribution in [0.2, 0.25) is 5.02 Å². The van der Waals surface area contributed by atoms with E-state index in [9.17, 15) is 18.0 Å². The van der Waals surface area contributed by atoms with E-state index in [4.69, 9.17) is 11.6 Å². The molecule has 26 heavy (non-hydrogen) atoms. The SMILES string of the molecule is CCC(C)NC(=O)c1cc(Nc2cc(C(F)(F)F)ccc2Cl)nc(C)n1. The van der Waals surface area contributed by atoms with E-state index in [-0.39, 0.29) is 34.2 Å². The third-order valence-electron chi connectivity index (χ3n) is 3.62. The number of nitrogens with one attached hydrogen (secondary N) is 2. The van der Waals surface area contributed by atoms with E-state index < -0.39 is 11.7 Å². The van der Waals surface area contributed by atoms with Gasteiger partial charge >= 0.3 is 6.18 Å². The van der Waals surface area contributed by atoms with Crippen molar-refractivity contribution in [3.63, 3.8) is 0 Å². The molecule has 1 aromatic carbocycles. The van der Waals surface area contributed by atoms with Crippen LogP contribution in [-0.2, 0) is 6.18 Å². The summed E-state index contributed by atoms with van der Waals surface area (Å²) in [6, 6.07) is 4.26. The van der Waals surface area contributed by atoms with Gasteiger partial charge in [0.15, 0.2) is 0 Å². The Hall–Kier alpha value is -2.35. The molecule has 2 aromatic rings. The van der Waals surface area contributed by atoms with Gasteiger partial charge in [-0.3, -0.25) is 4.79 Å². The summed E-state index contributed by atoms with van der Waals surface area (Å²) >= 11 is 5.97. The molecule has 0 bridgehead atoms. The Balaban J connectivity index is 2.32. The summed E-state index contributed by atoms with van der Waals surface area (Å²) in [5, 5.41) is 5.59. The van der Waals surface area contributed by atoms with Crippen molar-refractivity contribution in [2.75, 3.05) is 5.32 Å². The second-order valence-electron chi connectivity index (χ2n) is 5.79. The molecule has 2 N–H and O–H groups in total. The van der Waals surface area contributed by atoms with Gasteiger partial charge in [-0.1, -0.05) is 18.5 Å². The molecule has 0 saturated heterocycles. The Morgan fingerprint density at radius 2 is 1.96 bits per heavy atom. The lowest BCUT2D eigenvalue weighted by molar-refractivity contribution is -0.137. The van der Waals surface area contributed by atoms with Gasteiger partial charge in [-0.2, -0.15) is 13.2 Å². The molecular weight excluding hydrogens is 369 g/mol. The van der Waals surface area contributed by atoms with E-state index in [1.54, 1.807) is 6.92 Å². The van der Waals surface area contributed by atoms with Gasteiger partial charge in [0.25, 0.3) is 5.91 Å². The molecular formula is C17H18ClF3N4O. The highest BCUT2D eigenvalue weighted by Gasteiger charge is 2.31. The second-order valence-corrected chi connectivity index (χ2v) is 6.19. The van der Waals surface area contributed by atoms with Crippen LogP contribution < -0.4 is 10.6 Å². The van der Waals surface area contributed by atoms with Crippen LogP contribution in [0.3, 0.4) is 0 Å². The molecule has 9 heteroatoms. The third kappa shape index (κ3) is 5.08. The van der Waals surface area contributed by atoms with Gasteiger partial charge in [0.1, 0.15) is 17.3 Å². The third-order valence-corrected chi connectivity index (χ3v) is 3.95. The molecule has 2 rings (SSSR count). The maximum atomic E-state index is 12.9. The summed E-state index contributed by atoms with van der Waals surface area (Å²) in [7, 11) is 0. The van der Waals surface area contributed by atoms with Gasteiger partial charge in [-0.15, -0.1) is 0 Å². The minimum absolute atomic E-state index is 0.0351. The lowest BCUT2D eigenvalue weighted by Gasteiger charge is -2.14. The summed E-state index contributed by atoms with van der Waals surface area (Å²) in [5.74, 6) is 0.0865. The van der Waals surface area contributed by atoms with Gasteiger partial charge in [-0.25, -0.2) is 9.97 Å². The van der Waals surface area contributed by atoms with Crippen LogP contribution in [0.4, 0.5) is 24.7 Å². The van der Waals surface area contributed by atoms with Crippen molar-refractivity contribution in [1.82, 2.24) is 15.3 Å². The first-order valence-electron chi connectivity index (χ1n) is 7.90. The van der Waals surface area contributed by atoms with Crippen LogP contribution in [0.25, 0.3) is 0 Å². The van der Waals surface area contributed by atoms with E-state index in [1.807, 2.05) is 13.8 Å². The predicted octanol–water partition coefficient (Wildman–Crippen LogP) is 4.73. The Morgan fingerprint density at radius 3 is 2.58 bits per heavy atom. The molecule has 0 saturated carbocycles. The van der Waals surface area contributed by atoms with Crippen LogP contribution in [0.15, 0.2) is 24.3 Å². The second kappa shape index (κ2) is 7.90. The number of amides is 1. The van der Waals surface area contributed by atoms with Crippen molar-refractivity contribution in [2.24, 2.45) is 0 Å². The number of aromatic nitrogens is 2. The Morgan fingerprint density at radius 1 is 1.27 bits per heavy atom. The average Bonchev–Trinajstić information content (AvgIpc) is 2.55. The first kappa shape index (κ1) is 20.0. The molecule has 0 aliphatic carbocycles. The van der Waals surface area contributed by atoms with Crippen molar-refractivity contribution in [1.29, 1.82) is 0 Å². The molecule has 0 aliphatic rings. The lowest BCUT2D eigenvalue weighted by atomic mass is 10.2. The predicted molar refractivity (Wildman–Crippen MR) is 93.7 cm³/mol. The number of carbonyl (C=O) groups is 1. The van der Waals surface area contributed by atoms with Crippen molar-refractivity contribution >= 4 is 29.0 Å². The van der Waals surface area contributed by atoms with Gasteiger partial charge in [0.05, 0.1) is 16.3 Å². The molecule has 1 amide bonds. The fourth-order valence-electron chi connectivity index (χ4n) is 2.08. The quantitative estimate of drug-likeness (QED) is 0.779. The van der Waals surface area contributed by atoms with Gasteiger partial charge < -0.3 is 10.6 Å². The minimum Gasteiger partial charge on any atom is -0.348 e. The summed E-state index contributed by atoms with van der Waals surface area (Å²) in [4.78, 5) is 20.4. The molecule has 1 aromatic heterocycles. The molecule has 1 unspecified atom stereocenters. The highest BCUT2D eigenvalue weighted by Crippen LogP contribution is 2.34. The summed E-state index contributed by atoms with van der Waals surface area (Å²) in [6.45, 7) is 5.37. The normalized spacial score (nSPS) is 12.6. The van der Waals surface area contributed by atoms with Crippen LogP contribution in [0.5, 0.6) is 0 Å². The number of hydrogen-bond acceptors (Lipinski definition) is 4. The Labute approximate surface area is 154 Å². The number of benzene rings is 1. The molecule has 1 heterocycles. The Bertz CT molecular complexity index is 811. The fraction of sp³-hybridized carbons (Fsp3) is 0.353. The fourth-order valence-corrected chi connectivity index (χ4v) is 2.25. The van der Waals surface area contributed by atoms with E-state index in [0.717, 1.165) is 24.6 Å². The molecule has 0 spiro atoms. The Kier molecular flexibility index (Phi) is 6.07. The van der Waals surface area contributed by atoms with Gasteiger partial charge in [-0.05, 0) is 38.5 Å². The zero-order valence-corrected chi connectivity index (χ0v) is 15.2. The number of aryl methyl sites for hydroxylation is 1. The number of halogens is 4. The first-order valence-corrected chi connectivity index (χ1v) is 8.28. The van der Waals surface area contributed by atoms with E-state index in [1.165, 1.54) is 6.07 Å². The van der Waals surface area contributed by atoms with Crippen LogP contribution in [0.1, 0.15) is 42.1 Å². The van der Waals surface area contributed by atoms with E-state index in [2.05, 4.69) is 20.6 Å². The van der Waals surface area contributed by atoms with Crippen LogP contribution >= 0.6 is 11.6 Å². The standard InChI is InChI=1S/C17H18ClF3N4O/c1-4-9(2)22-16(26)14-8-15(24-10(3)23-14)25-13-7-11(17(19,20)21)5-6-12(13)18/h5-9H,4H2,1-3H3,(H,22,26)(H,23,24,25). The molecule has 1 atom stereocenters. The lowest BCUT2D eigenvalue weighted by Crippen LogP contribution is -2.32. The topological polar surface area (TPSA) is 66.9 Å². The summed E-state index contributed by atoms with van der Waals surface area (Å²) in [5.41, 5.74) is -0.693. The van der Waals surface area contributed by atoms with E-state index in [0.29, 0.717) is 5.82 Å². The van der Waals surface area contributed by atoms with Gasteiger partial charge in [0.2, 0.25) is 0 Å². The first-order chi connectivity index (χ1) is 12.1. The molecule has 5 nitrogen and oxygen atoms in total. The average molecular weight is 387 g/mol. The van der Waals surface area contributed by atoms with Crippen LogP contribution in [-0.4, -0.2) is 21.9 Å². The van der Waals surface area contributed by atoms with Gasteiger partial charge in [0, 0.05) is 12.1 Å². The maximum Gasteiger partial charge on any atom is 0.416 e. The maximum absolute atomic E-state index is 12.9. The number of alkyl halides is 3. The highest BCUT2D eigenvalue weighted by atomic mass is 35.5. The molecule has 0 fully saturated rings. The molecule has 140 valence electrons. The van der Waals surface area contributed by atoms with Crippen LogP contribution in [0, 0.1) is 6.92 Å². The smallest absolute Gasteiger partial charge is 0.348 e. The highest BCUT2D eigenvalue weighted by molar-refractivity contribution is 6.33. The number of anilines is 2. The molecule has 0 aliphatic heterocycles. The minimum atomic E-state index is -4.50. The number of nitrogens with zero attached hydrogens (tertiary/aromatic N) is 2. The summed E-state index contributed by atoms with van der Waals surface area (Å²) in [6.07, 6.45) is -3.75. The zero-order chi connectivity index (χ0) is 19.5. The van der Waals surface area contributed by atoms with Crippen molar-refractivity contribution in [3.8, 4) is 0 Å². The van der Waals surface area contributed by atoms with E-state index >= 15 is 0 Å².